The fourth-order valence-corrected chi connectivity index (χ4v) is 2.93. The summed E-state index contributed by atoms with van der Waals surface area (Å²) in [7, 11) is -4.34. The predicted octanol–water partition coefficient (Wildman–Crippen LogP) is 1.95. The monoisotopic (exact) mass is 445 g/mol. The van der Waals surface area contributed by atoms with Crippen molar-refractivity contribution in [1.29, 1.82) is 0 Å². The highest BCUT2D eigenvalue weighted by molar-refractivity contribution is 7.51. The molecule has 0 saturated carbocycles. The molecule has 3 aromatic rings. The number of hydrogen-bond acceptors (Lipinski definition) is 7. The van der Waals surface area contributed by atoms with Crippen molar-refractivity contribution in [3.05, 3.63) is 77.6 Å². The van der Waals surface area contributed by atoms with E-state index in [4.69, 9.17) is 30.4 Å². The molecule has 1 amide bonds. The Morgan fingerprint density at radius 2 is 1.65 bits per heavy atom. The van der Waals surface area contributed by atoms with Crippen molar-refractivity contribution in [2.75, 3.05) is 6.29 Å². The van der Waals surface area contributed by atoms with Crippen molar-refractivity contribution < 1.29 is 33.1 Å². The molecule has 0 saturated heterocycles. The molecular weight excluding hydrogens is 425 g/mol. The van der Waals surface area contributed by atoms with Gasteiger partial charge in [0.25, 0.3) is 5.91 Å². The van der Waals surface area contributed by atoms with Crippen molar-refractivity contribution >= 4 is 19.5 Å². The van der Waals surface area contributed by atoms with Crippen LogP contribution in [0, 0.1) is 0 Å². The Bertz CT molecular complexity index is 1120. The zero-order valence-electron chi connectivity index (χ0n) is 16.1. The van der Waals surface area contributed by atoms with E-state index in [1.807, 2.05) is 0 Å². The minimum atomic E-state index is -4.34. The molecule has 0 atom stereocenters. The maximum atomic E-state index is 12.3. The number of amides is 1. The van der Waals surface area contributed by atoms with Crippen LogP contribution in [-0.4, -0.2) is 27.9 Å². The first-order valence-electron chi connectivity index (χ1n) is 8.99. The van der Waals surface area contributed by atoms with Crippen LogP contribution in [0.4, 0.5) is 0 Å². The van der Waals surface area contributed by atoms with Gasteiger partial charge in [-0.25, -0.2) is 4.79 Å². The van der Waals surface area contributed by atoms with Crippen LogP contribution in [0.15, 0.2) is 65.1 Å². The van der Waals surface area contributed by atoms with Gasteiger partial charge in [-0.3, -0.25) is 9.36 Å². The summed E-state index contributed by atoms with van der Waals surface area (Å²) in [4.78, 5) is 41.8. The van der Waals surface area contributed by atoms with E-state index in [1.165, 1.54) is 18.2 Å². The number of esters is 1. The second-order valence-corrected chi connectivity index (χ2v) is 8.20. The zero-order valence-corrected chi connectivity index (χ0v) is 17.0. The molecule has 0 unspecified atom stereocenters. The lowest BCUT2D eigenvalue weighted by molar-refractivity contribution is 0.0702. The lowest BCUT2D eigenvalue weighted by atomic mass is 10.1. The summed E-state index contributed by atoms with van der Waals surface area (Å²) in [6.07, 6.45) is -1.38. The number of furan rings is 1. The number of rotatable bonds is 7. The van der Waals surface area contributed by atoms with E-state index in [-0.39, 0.29) is 11.3 Å². The molecule has 162 valence electrons. The highest BCUT2D eigenvalue weighted by Crippen LogP contribution is 2.32. The number of carbonyl (C=O) groups excluding carboxylic acids is 2. The molecule has 0 spiro atoms. The molecule has 10 nitrogen and oxygen atoms in total. The summed E-state index contributed by atoms with van der Waals surface area (Å²) >= 11 is 0. The first-order chi connectivity index (χ1) is 14.6. The Kier molecular flexibility index (Phi) is 6.69. The van der Waals surface area contributed by atoms with Gasteiger partial charge in [-0.1, -0.05) is 24.3 Å². The van der Waals surface area contributed by atoms with Gasteiger partial charge in [-0.15, -0.1) is 0 Å². The van der Waals surface area contributed by atoms with E-state index in [1.54, 1.807) is 42.5 Å². The second kappa shape index (κ2) is 9.25. The molecule has 0 fully saturated rings. The summed E-state index contributed by atoms with van der Waals surface area (Å²) in [5.74, 6) is -0.653. The quantitative estimate of drug-likeness (QED) is 0.157. The minimum absolute atomic E-state index is 0.0157. The molecule has 0 bridgehead atoms. The molecule has 1 heterocycles. The van der Waals surface area contributed by atoms with Gasteiger partial charge in [0.15, 0.2) is 0 Å². The zero-order chi connectivity index (χ0) is 22.6. The fraction of sp³-hybridized carbons (Fsp3) is 0.100. The molecule has 2 aromatic carbocycles. The van der Waals surface area contributed by atoms with Crippen molar-refractivity contribution in [2.24, 2.45) is 11.5 Å². The van der Waals surface area contributed by atoms with E-state index in [0.717, 1.165) is 0 Å². The number of benzene rings is 2. The van der Waals surface area contributed by atoms with Crippen molar-refractivity contribution in [2.45, 2.75) is 6.17 Å². The van der Waals surface area contributed by atoms with Crippen molar-refractivity contribution in [1.82, 2.24) is 5.32 Å². The van der Waals surface area contributed by atoms with E-state index < -0.39 is 31.9 Å². The smallest absolute Gasteiger partial charge is 0.379 e. The van der Waals surface area contributed by atoms with E-state index in [0.29, 0.717) is 22.6 Å². The van der Waals surface area contributed by atoms with Crippen LogP contribution in [-0.2, 0) is 4.57 Å². The first kappa shape index (κ1) is 22.4. The topological polar surface area (TPSA) is 178 Å². The van der Waals surface area contributed by atoms with Crippen LogP contribution in [0.25, 0.3) is 11.3 Å². The van der Waals surface area contributed by atoms with Crippen molar-refractivity contribution in [3.8, 4) is 17.1 Å². The van der Waals surface area contributed by atoms with Gasteiger partial charge in [-0.2, -0.15) is 0 Å². The number of nitrogens with two attached hydrogens (primary N) is 2. The SMILES string of the molecule is NC(N)c1ccc(OC(=O)c2ccc(-c3ccc(C(=O)NCP(=O)(O)O)cc3)o2)cc1. The standard InChI is InChI=1S/C20H20N3O7P/c21-18(22)13-5-7-15(8-6-13)29-20(25)17-10-9-16(30-17)12-1-3-14(4-2-12)19(24)23-11-31(26,27)28/h1-10,18H,11,21-22H2,(H,23,24)(H2,26,27,28). The molecule has 0 aliphatic rings. The minimum Gasteiger partial charge on any atom is -0.449 e. The van der Waals surface area contributed by atoms with Gasteiger partial charge < -0.3 is 35.7 Å². The molecule has 3 rings (SSSR count). The van der Waals surface area contributed by atoms with Crippen LogP contribution < -0.4 is 21.5 Å². The van der Waals surface area contributed by atoms with Crippen LogP contribution in [0.1, 0.15) is 32.6 Å². The Balaban J connectivity index is 1.65. The number of hydrogen-bond donors (Lipinski definition) is 5. The molecule has 0 aliphatic heterocycles. The Morgan fingerprint density at radius 3 is 2.23 bits per heavy atom. The lowest BCUT2D eigenvalue weighted by Crippen LogP contribution is -2.24. The van der Waals surface area contributed by atoms with E-state index in [2.05, 4.69) is 5.32 Å². The molecule has 7 N–H and O–H groups in total. The highest BCUT2D eigenvalue weighted by atomic mass is 31.2. The number of nitrogens with one attached hydrogen (secondary N) is 1. The van der Waals surface area contributed by atoms with E-state index >= 15 is 0 Å². The Hall–Kier alpha value is -3.27. The Labute approximate surface area is 177 Å². The molecule has 0 aliphatic carbocycles. The van der Waals surface area contributed by atoms with Gasteiger partial charge >= 0.3 is 13.6 Å². The average molecular weight is 445 g/mol. The third-order valence-electron chi connectivity index (χ3n) is 4.16. The van der Waals surface area contributed by atoms with Gasteiger partial charge in [0.2, 0.25) is 5.76 Å². The van der Waals surface area contributed by atoms with Gasteiger partial charge in [0, 0.05) is 11.1 Å². The normalized spacial score (nSPS) is 11.4. The largest absolute Gasteiger partial charge is 0.449 e. The molecular formula is C20H20N3O7P. The van der Waals surface area contributed by atoms with Crippen LogP contribution in [0.2, 0.25) is 0 Å². The fourth-order valence-electron chi connectivity index (χ4n) is 2.58. The second-order valence-electron chi connectivity index (χ2n) is 6.55. The maximum Gasteiger partial charge on any atom is 0.379 e. The summed E-state index contributed by atoms with van der Waals surface area (Å²) < 4.78 is 21.6. The van der Waals surface area contributed by atoms with E-state index in [9.17, 15) is 14.2 Å². The summed E-state index contributed by atoms with van der Waals surface area (Å²) in [6.45, 7) is 0. The maximum absolute atomic E-state index is 12.3. The number of carbonyl (C=O) groups is 2. The van der Waals surface area contributed by atoms with Crippen molar-refractivity contribution in [3.63, 3.8) is 0 Å². The summed E-state index contributed by atoms with van der Waals surface area (Å²) in [5, 5.41) is 2.15. The summed E-state index contributed by atoms with van der Waals surface area (Å²) in [6, 6.07) is 15.6. The predicted molar refractivity (Wildman–Crippen MR) is 111 cm³/mol. The molecule has 11 heteroatoms. The van der Waals surface area contributed by atoms with Gasteiger partial charge in [0.1, 0.15) is 17.8 Å². The molecule has 0 radical (unpaired) electrons. The average Bonchev–Trinajstić information content (AvgIpc) is 3.22. The Morgan fingerprint density at radius 1 is 1.00 bits per heavy atom. The third kappa shape index (κ3) is 6.11. The lowest BCUT2D eigenvalue weighted by Gasteiger charge is -2.07. The highest BCUT2D eigenvalue weighted by Gasteiger charge is 2.17. The first-order valence-corrected chi connectivity index (χ1v) is 10.8. The molecule has 31 heavy (non-hydrogen) atoms. The number of ether oxygens (including phenoxy) is 1. The van der Waals surface area contributed by atoms with Gasteiger partial charge in [-0.05, 0) is 42.0 Å². The summed E-state index contributed by atoms with van der Waals surface area (Å²) in [5.41, 5.74) is 12.6. The van der Waals surface area contributed by atoms with Gasteiger partial charge in [0.05, 0.1) is 6.17 Å². The molecule has 1 aromatic heterocycles. The van der Waals surface area contributed by atoms with Crippen LogP contribution in [0.3, 0.4) is 0 Å². The van der Waals surface area contributed by atoms with Crippen LogP contribution >= 0.6 is 7.60 Å². The third-order valence-corrected chi connectivity index (χ3v) is 4.73. The van der Waals surface area contributed by atoms with Crippen LogP contribution in [0.5, 0.6) is 5.75 Å².